The minimum atomic E-state index is 0.344. The van der Waals surface area contributed by atoms with Gasteiger partial charge in [-0.1, -0.05) is 39.8 Å². The van der Waals surface area contributed by atoms with E-state index in [-0.39, 0.29) is 0 Å². The lowest BCUT2D eigenvalue weighted by molar-refractivity contribution is 0.409. The maximum atomic E-state index is 6.17. The maximum Gasteiger partial charge on any atom is 0.135 e. The molecule has 0 amide bonds. The first kappa shape index (κ1) is 25.7. The van der Waals surface area contributed by atoms with Crippen LogP contribution in [0.1, 0.15) is 61.8 Å². The van der Waals surface area contributed by atoms with Crippen molar-refractivity contribution < 1.29 is 18.9 Å². The van der Waals surface area contributed by atoms with E-state index in [0.717, 1.165) is 56.0 Å². The van der Waals surface area contributed by atoms with Gasteiger partial charge in [-0.15, -0.1) is 0 Å². The molecule has 0 saturated heterocycles. The van der Waals surface area contributed by atoms with Crippen LogP contribution in [0.3, 0.4) is 0 Å². The zero-order valence-corrected chi connectivity index (χ0v) is 23.3. The van der Waals surface area contributed by atoms with Crippen LogP contribution >= 0.6 is 0 Å². The van der Waals surface area contributed by atoms with Gasteiger partial charge in [0.25, 0.3) is 0 Å². The maximum absolute atomic E-state index is 6.17. The molecule has 0 unspecified atom stereocenters. The zero-order valence-electron chi connectivity index (χ0n) is 23.3. The van der Waals surface area contributed by atoms with Crippen molar-refractivity contribution in [2.24, 2.45) is 0 Å². The number of ether oxygens (including phenoxy) is 4. The first-order valence-electron chi connectivity index (χ1n) is 12.6. The summed E-state index contributed by atoms with van der Waals surface area (Å²) in [5.74, 6) is 4.01. The molecule has 4 aromatic carbocycles. The van der Waals surface area contributed by atoms with Crippen molar-refractivity contribution in [3.05, 3.63) is 58.7 Å². The Hall–Kier alpha value is -3.40. The van der Waals surface area contributed by atoms with Gasteiger partial charge in [0.05, 0.1) is 28.4 Å². The summed E-state index contributed by atoms with van der Waals surface area (Å²) in [6.45, 7) is 13.1. The summed E-state index contributed by atoms with van der Waals surface area (Å²) in [6, 6.07) is 13.0. The van der Waals surface area contributed by atoms with Gasteiger partial charge in [0.15, 0.2) is 0 Å². The number of hydrogen-bond acceptors (Lipinski definition) is 4. The molecule has 0 aromatic heterocycles. The third-order valence-electron chi connectivity index (χ3n) is 7.20. The van der Waals surface area contributed by atoms with Gasteiger partial charge in [0, 0.05) is 21.9 Å². The number of aryl methyl sites for hydroxylation is 2. The van der Waals surface area contributed by atoms with Gasteiger partial charge in [-0.25, -0.2) is 0 Å². The van der Waals surface area contributed by atoms with Crippen LogP contribution in [0.2, 0.25) is 0 Å². The molecule has 0 spiro atoms. The third-order valence-corrected chi connectivity index (χ3v) is 7.20. The summed E-state index contributed by atoms with van der Waals surface area (Å²) in [6.07, 6.45) is 0. The molecule has 4 aromatic rings. The van der Waals surface area contributed by atoms with Gasteiger partial charge in [0.2, 0.25) is 0 Å². The second-order valence-electron chi connectivity index (χ2n) is 10.1. The minimum absolute atomic E-state index is 0.344. The first-order valence-corrected chi connectivity index (χ1v) is 12.6. The van der Waals surface area contributed by atoms with Gasteiger partial charge in [0.1, 0.15) is 23.0 Å². The van der Waals surface area contributed by atoms with Crippen molar-refractivity contribution in [2.45, 2.75) is 53.4 Å². The second-order valence-corrected chi connectivity index (χ2v) is 10.1. The predicted octanol–water partition coefficient (Wildman–Crippen LogP) is 8.56. The molecule has 0 aliphatic heterocycles. The summed E-state index contributed by atoms with van der Waals surface area (Å²) in [4.78, 5) is 0. The lowest BCUT2D eigenvalue weighted by Gasteiger charge is -2.23. The normalized spacial score (nSPS) is 11.6. The first-order chi connectivity index (χ1) is 17.2. The van der Waals surface area contributed by atoms with Crippen LogP contribution in [0.25, 0.3) is 32.7 Å². The van der Waals surface area contributed by atoms with E-state index in [0.29, 0.717) is 11.8 Å². The summed E-state index contributed by atoms with van der Waals surface area (Å²) >= 11 is 0. The fourth-order valence-corrected chi connectivity index (χ4v) is 5.44. The topological polar surface area (TPSA) is 36.9 Å². The number of methoxy groups -OCH3 is 4. The van der Waals surface area contributed by atoms with Crippen molar-refractivity contribution in [1.82, 2.24) is 0 Å². The van der Waals surface area contributed by atoms with Crippen LogP contribution in [0.4, 0.5) is 0 Å². The Morgan fingerprint density at radius 2 is 0.833 bits per heavy atom. The van der Waals surface area contributed by atoms with E-state index in [9.17, 15) is 0 Å². The van der Waals surface area contributed by atoms with Crippen LogP contribution in [-0.4, -0.2) is 28.4 Å². The van der Waals surface area contributed by atoms with Crippen LogP contribution in [0.5, 0.6) is 23.0 Å². The Balaban J connectivity index is 2.18. The Morgan fingerprint density at radius 3 is 1.11 bits per heavy atom. The molecule has 4 heteroatoms. The Morgan fingerprint density at radius 1 is 0.472 bits per heavy atom. The van der Waals surface area contributed by atoms with Crippen molar-refractivity contribution in [1.29, 1.82) is 0 Å². The highest BCUT2D eigenvalue weighted by Gasteiger charge is 2.24. The molecule has 4 rings (SSSR count). The largest absolute Gasteiger partial charge is 0.497 e. The van der Waals surface area contributed by atoms with Gasteiger partial charge in [-0.3, -0.25) is 0 Å². The molecule has 190 valence electrons. The van der Waals surface area contributed by atoms with Gasteiger partial charge < -0.3 is 18.9 Å². The van der Waals surface area contributed by atoms with E-state index in [4.69, 9.17) is 18.9 Å². The zero-order chi connectivity index (χ0) is 26.3. The summed E-state index contributed by atoms with van der Waals surface area (Å²) in [7, 11) is 6.91. The quantitative estimate of drug-likeness (QED) is 0.262. The second kappa shape index (κ2) is 9.93. The van der Waals surface area contributed by atoms with Crippen molar-refractivity contribution in [3.8, 4) is 34.1 Å². The van der Waals surface area contributed by atoms with Crippen LogP contribution in [0, 0.1) is 13.8 Å². The van der Waals surface area contributed by atoms with Crippen molar-refractivity contribution in [2.75, 3.05) is 28.4 Å². The van der Waals surface area contributed by atoms with E-state index in [1.54, 1.807) is 28.4 Å². The average molecular weight is 487 g/mol. The summed E-state index contributed by atoms with van der Waals surface area (Å²) in [5, 5.41) is 4.45. The molecule has 0 atom stereocenters. The Labute approximate surface area is 215 Å². The molecule has 4 nitrogen and oxygen atoms in total. The minimum Gasteiger partial charge on any atom is -0.497 e. The van der Waals surface area contributed by atoms with Crippen LogP contribution < -0.4 is 18.9 Å². The van der Waals surface area contributed by atoms with E-state index < -0.39 is 0 Å². The SMILES string of the molecule is COc1cc(C(C)C)c2cc(C)c(-c3c(C)cc4c(C(C)C)cc(OC)cc4c3OC)c(OC)c2c1. The van der Waals surface area contributed by atoms with E-state index in [2.05, 4.69) is 77.9 Å². The summed E-state index contributed by atoms with van der Waals surface area (Å²) in [5.41, 5.74) is 6.84. The average Bonchev–Trinajstić information content (AvgIpc) is 2.85. The highest BCUT2D eigenvalue weighted by atomic mass is 16.5. The number of rotatable bonds is 7. The van der Waals surface area contributed by atoms with E-state index in [1.165, 1.54) is 21.9 Å². The lowest BCUT2D eigenvalue weighted by Crippen LogP contribution is -2.02. The molecular formula is C32H38O4. The standard InChI is InChI=1S/C32H38O4/c1-17(2)23-13-21(33-7)15-27-25(23)11-19(5)29(31(27)35-9)30-20(6)12-26-24(18(3)4)14-22(34-8)16-28(26)32(30)36-10/h11-18H,1-10H3. The van der Waals surface area contributed by atoms with Crippen molar-refractivity contribution >= 4 is 21.5 Å². The van der Waals surface area contributed by atoms with Gasteiger partial charge >= 0.3 is 0 Å². The number of hydrogen-bond donors (Lipinski definition) is 0. The smallest absolute Gasteiger partial charge is 0.135 e. The molecule has 0 saturated carbocycles. The van der Waals surface area contributed by atoms with Gasteiger partial charge in [-0.2, -0.15) is 0 Å². The molecule has 0 heterocycles. The molecule has 0 aliphatic rings. The Bertz CT molecular complexity index is 1340. The van der Waals surface area contributed by atoms with E-state index in [1.807, 2.05) is 0 Å². The fourth-order valence-electron chi connectivity index (χ4n) is 5.44. The predicted molar refractivity (Wildman–Crippen MR) is 151 cm³/mol. The van der Waals surface area contributed by atoms with Crippen molar-refractivity contribution in [3.63, 3.8) is 0 Å². The molecule has 0 fully saturated rings. The molecular weight excluding hydrogens is 448 g/mol. The highest BCUT2D eigenvalue weighted by molar-refractivity contribution is 6.05. The highest BCUT2D eigenvalue weighted by Crippen LogP contribution is 2.50. The molecule has 0 aliphatic carbocycles. The summed E-state index contributed by atoms with van der Waals surface area (Å²) < 4.78 is 23.7. The van der Waals surface area contributed by atoms with Crippen LogP contribution in [0.15, 0.2) is 36.4 Å². The fraction of sp³-hybridized carbons (Fsp3) is 0.375. The van der Waals surface area contributed by atoms with Crippen LogP contribution in [-0.2, 0) is 0 Å². The molecule has 36 heavy (non-hydrogen) atoms. The molecule has 0 N–H and O–H groups in total. The molecule has 0 bridgehead atoms. The number of benzene rings is 4. The molecule has 0 radical (unpaired) electrons. The third kappa shape index (κ3) is 4.13. The van der Waals surface area contributed by atoms with E-state index >= 15 is 0 Å². The number of fused-ring (bicyclic) bond motifs is 2. The lowest BCUT2D eigenvalue weighted by atomic mass is 9.85. The van der Waals surface area contributed by atoms with Gasteiger partial charge in [-0.05, 0) is 83.0 Å². The Kier molecular flexibility index (Phi) is 7.08. The monoisotopic (exact) mass is 486 g/mol.